The molecule has 1 spiro atoms. The molecule has 0 N–H and O–H groups in total. The van der Waals surface area contributed by atoms with Crippen LogP contribution in [-0.2, 0) is 23.3 Å². The summed E-state index contributed by atoms with van der Waals surface area (Å²) in [6.45, 7) is 3.71. The highest BCUT2D eigenvalue weighted by molar-refractivity contribution is 7.16. The number of halogens is 1. The standard InChI is InChI=1S/C16H18ClN3OS/c17-14-9-12-1-8-21-16(15(12)22-14)2-6-20(7-3-16)11-13-10-18-4-5-19-13/h4-5,9-10H,1-3,6-8,11H2. The van der Waals surface area contributed by atoms with Crippen LogP contribution in [0, 0.1) is 0 Å². The third-order valence-electron chi connectivity index (χ3n) is 4.61. The topological polar surface area (TPSA) is 38.2 Å². The first-order chi connectivity index (χ1) is 10.8. The predicted molar refractivity (Wildman–Crippen MR) is 87.2 cm³/mol. The SMILES string of the molecule is Clc1cc2c(s1)C1(CCN(Cc3cnccn3)CC1)OCC2. The summed E-state index contributed by atoms with van der Waals surface area (Å²) in [6, 6.07) is 2.12. The Labute approximate surface area is 139 Å². The summed E-state index contributed by atoms with van der Waals surface area (Å²) in [5.74, 6) is 0. The largest absolute Gasteiger partial charge is 0.369 e. The highest BCUT2D eigenvalue weighted by Gasteiger charge is 2.42. The number of fused-ring (bicyclic) bond motifs is 2. The van der Waals surface area contributed by atoms with E-state index >= 15 is 0 Å². The van der Waals surface area contributed by atoms with Gasteiger partial charge in [0.1, 0.15) is 5.60 Å². The number of rotatable bonds is 2. The van der Waals surface area contributed by atoms with E-state index in [4.69, 9.17) is 16.3 Å². The molecule has 2 aliphatic rings. The predicted octanol–water partition coefficient (Wildman–Crippen LogP) is 3.26. The first kappa shape index (κ1) is 14.6. The lowest BCUT2D eigenvalue weighted by atomic mass is 9.85. The summed E-state index contributed by atoms with van der Waals surface area (Å²) in [5, 5.41) is 0. The maximum Gasteiger partial charge on any atom is 0.105 e. The number of aromatic nitrogens is 2. The molecule has 0 amide bonds. The highest BCUT2D eigenvalue weighted by Crippen LogP contribution is 2.46. The van der Waals surface area contributed by atoms with E-state index in [1.54, 1.807) is 23.7 Å². The molecule has 22 heavy (non-hydrogen) atoms. The van der Waals surface area contributed by atoms with Gasteiger partial charge in [0.05, 0.1) is 16.6 Å². The molecule has 2 aromatic rings. The Balaban J connectivity index is 1.48. The van der Waals surface area contributed by atoms with Gasteiger partial charge in [-0.3, -0.25) is 14.9 Å². The molecule has 4 nitrogen and oxygen atoms in total. The van der Waals surface area contributed by atoms with Gasteiger partial charge in [-0.1, -0.05) is 11.6 Å². The Morgan fingerprint density at radius 2 is 2.18 bits per heavy atom. The van der Waals surface area contributed by atoms with E-state index < -0.39 is 0 Å². The van der Waals surface area contributed by atoms with Crippen molar-refractivity contribution in [2.45, 2.75) is 31.4 Å². The maximum absolute atomic E-state index is 6.24. The zero-order valence-electron chi connectivity index (χ0n) is 12.3. The van der Waals surface area contributed by atoms with Gasteiger partial charge in [-0.05, 0) is 30.9 Å². The van der Waals surface area contributed by atoms with Crippen molar-refractivity contribution in [3.8, 4) is 0 Å². The number of ether oxygens (including phenoxy) is 1. The van der Waals surface area contributed by atoms with E-state index in [-0.39, 0.29) is 5.60 Å². The van der Waals surface area contributed by atoms with Crippen LogP contribution in [0.3, 0.4) is 0 Å². The van der Waals surface area contributed by atoms with Crippen molar-refractivity contribution in [3.63, 3.8) is 0 Å². The second-order valence-corrected chi connectivity index (χ2v) is 7.65. The Morgan fingerprint density at radius 1 is 1.32 bits per heavy atom. The van der Waals surface area contributed by atoms with Crippen LogP contribution in [0.15, 0.2) is 24.7 Å². The van der Waals surface area contributed by atoms with E-state index in [9.17, 15) is 0 Å². The van der Waals surface area contributed by atoms with Crippen LogP contribution in [0.4, 0.5) is 0 Å². The first-order valence-electron chi connectivity index (χ1n) is 7.65. The van der Waals surface area contributed by atoms with Crippen LogP contribution in [0.1, 0.15) is 29.0 Å². The minimum atomic E-state index is -0.107. The molecule has 0 aromatic carbocycles. The van der Waals surface area contributed by atoms with E-state index in [1.807, 2.05) is 6.20 Å². The van der Waals surface area contributed by atoms with Gasteiger partial charge < -0.3 is 4.74 Å². The maximum atomic E-state index is 6.24. The fourth-order valence-electron chi connectivity index (χ4n) is 3.47. The van der Waals surface area contributed by atoms with E-state index in [0.29, 0.717) is 0 Å². The van der Waals surface area contributed by atoms with Gasteiger partial charge in [-0.15, -0.1) is 11.3 Å². The first-order valence-corrected chi connectivity index (χ1v) is 8.84. The molecule has 2 aliphatic heterocycles. The number of nitrogens with zero attached hydrogens (tertiary/aromatic N) is 3. The lowest BCUT2D eigenvalue weighted by Gasteiger charge is -2.43. The second kappa shape index (κ2) is 5.89. The van der Waals surface area contributed by atoms with Crippen LogP contribution in [-0.4, -0.2) is 34.6 Å². The molecule has 6 heteroatoms. The smallest absolute Gasteiger partial charge is 0.105 e. The number of thiophene rings is 1. The fraction of sp³-hybridized carbons (Fsp3) is 0.500. The Morgan fingerprint density at radius 3 is 2.95 bits per heavy atom. The van der Waals surface area contributed by atoms with Crippen molar-refractivity contribution >= 4 is 22.9 Å². The van der Waals surface area contributed by atoms with Gasteiger partial charge in [-0.2, -0.15) is 0 Å². The van der Waals surface area contributed by atoms with Crippen molar-refractivity contribution in [1.82, 2.24) is 14.9 Å². The molecule has 0 saturated carbocycles. The molecule has 2 aromatic heterocycles. The van der Waals surface area contributed by atoms with E-state index in [0.717, 1.165) is 55.5 Å². The van der Waals surface area contributed by atoms with E-state index in [1.165, 1.54) is 10.4 Å². The lowest BCUT2D eigenvalue weighted by molar-refractivity contribution is -0.0962. The molecule has 4 rings (SSSR count). The van der Waals surface area contributed by atoms with Crippen LogP contribution in [0.25, 0.3) is 0 Å². The van der Waals surface area contributed by atoms with Crippen molar-refractivity contribution in [1.29, 1.82) is 0 Å². The summed E-state index contributed by atoms with van der Waals surface area (Å²) in [7, 11) is 0. The molecule has 0 atom stereocenters. The zero-order valence-corrected chi connectivity index (χ0v) is 13.9. The molecule has 0 aliphatic carbocycles. The number of likely N-dealkylation sites (tertiary alicyclic amines) is 1. The molecule has 1 saturated heterocycles. The molecule has 0 radical (unpaired) electrons. The highest BCUT2D eigenvalue weighted by atomic mass is 35.5. The second-order valence-electron chi connectivity index (χ2n) is 5.97. The normalized spacial score (nSPS) is 21.0. The van der Waals surface area contributed by atoms with Crippen LogP contribution >= 0.6 is 22.9 Å². The number of piperidine rings is 1. The molecule has 116 valence electrons. The Hall–Kier alpha value is -1.01. The average molecular weight is 336 g/mol. The summed E-state index contributed by atoms with van der Waals surface area (Å²) >= 11 is 7.93. The van der Waals surface area contributed by atoms with Crippen molar-refractivity contribution in [3.05, 3.63) is 45.1 Å². The zero-order chi connectivity index (χ0) is 15.0. The molecule has 1 fully saturated rings. The van der Waals surface area contributed by atoms with Gasteiger partial charge >= 0.3 is 0 Å². The van der Waals surface area contributed by atoms with E-state index in [2.05, 4.69) is 20.9 Å². The van der Waals surface area contributed by atoms with Crippen LogP contribution < -0.4 is 0 Å². The number of hydrogen-bond donors (Lipinski definition) is 0. The lowest BCUT2D eigenvalue weighted by Crippen LogP contribution is -2.45. The Bertz CT molecular complexity index is 653. The minimum Gasteiger partial charge on any atom is -0.369 e. The van der Waals surface area contributed by atoms with Gasteiger partial charge in [-0.25, -0.2) is 0 Å². The summed E-state index contributed by atoms with van der Waals surface area (Å²) in [5.41, 5.74) is 2.32. The van der Waals surface area contributed by atoms with Crippen molar-refractivity contribution in [2.24, 2.45) is 0 Å². The summed E-state index contributed by atoms with van der Waals surface area (Å²) in [4.78, 5) is 12.3. The Kier molecular flexibility index (Phi) is 3.90. The van der Waals surface area contributed by atoms with Crippen molar-refractivity contribution < 1.29 is 4.74 Å². The molecular weight excluding hydrogens is 318 g/mol. The quantitative estimate of drug-likeness (QED) is 0.844. The van der Waals surface area contributed by atoms with Gasteiger partial charge in [0, 0.05) is 43.1 Å². The third-order valence-corrected chi connectivity index (χ3v) is 6.10. The molecule has 0 bridgehead atoms. The molecule has 4 heterocycles. The van der Waals surface area contributed by atoms with Crippen LogP contribution in [0.5, 0.6) is 0 Å². The monoisotopic (exact) mass is 335 g/mol. The van der Waals surface area contributed by atoms with Crippen LogP contribution in [0.2, 0.25) is 4.34 Å². The summed E-state index contributed by atoms with van der Waals surface area (Å²) < 4.78 is 7.13. The molecule has 0 unspecified atom stereocenters. The van der Waals surface area contributed by atoms with Gasteiger partial charge in [0.15, 0.2) is 0 Å². The number of hydrogen-bond acceptors (Lipinski definition) is 5. The fourth-order valence-corrected chi connectivity index (χ4v) is 4.97. The molecular formula is C16H18ClN3OS. The summed E-state index contributed by atoms with van der Waals surface area (Å²) in [6.07, 6.45) is 8.36. The van der Waals surface area contributed by atoms with Gasteiger partial charge in [0.25, 0.3) is 0 Å². The van der Waals surface area contributed by atoms with Gasteiger partial charge in [0.2, 0.25) is 0 Å². The minimum absolute atomic E-state index is 0.107. The average Bonchev–Trinajstić information content (AvgIpc) is 2.93. The van der Waals surface area contributed by atoms with Crippen molar-refractivity contribution in [2.75, 3.05) is 19.7 Å². The third kappa shape index (κ3) is 2.67.